The first-order valence-corrected chi connectivity index (χ1v) is 7.36. The Morgan fingerprint density at radius 3 is 2.53 bits per heavy atom. The lowest BCUT2D eigenvalue weighted by atomic mass is 10.2. The van der Waals surface area contributed by atoms with Crippen LogP contribution in [0.15, 0.2) is 29.2 Å². The van der Waals surface area contributed by atoms with E-state index in [1.54, 1.807) is 4.90 Å². The predicted molar refractivity (Wildman–Crippen MR) is 83.2 cm³/mol. The summed E-state index contributed by atoms with van der Waals surface area (Å²) in [6.07, 6.45) is 1.87. The Kier molecular flexibility index (Phi) is 4.61. The molecule has 1 aliphatic heterocycles. The maximum absolute atomic E-state index is 12.0. The molecule has 1 aromatic rings. The topological polar surface area (TPSA) is 29.5 Å². The summed E-state index contributed by atoms with van der Waals surface area (Å²) >= 11 is 6.53. The van der Waals surface area contributed by atoms with Gasteiger partial charge in [0.25, 0.3) is 5.91 Å². The van der Waals surface area contributed by atoms with Crippen molar-refractivity contribution in [3.8, 4) is 5.75 Å². The van der Waals surface area contributed by atoms with E-state index in [9.17, 15) is 4.79 Å². The smallest absolute Gasteiger partial charge is 0.266 e. The van der Waals surface area contributed by atoms with Crippen molar-refractivity contribution in [1.82, 2.24) is 4.90 Å². The van der Waals surface area contributed by atoms with Crippen molar-refractivity contribution in [1.29, 1.82) is 0 Å². The maximum Gasteiger partial charge on any atom is 0.266 e. The summed E-state index contributed by atoms with van der Waals surface area (Å²) in [6, 6.07) is 7.67. The summed E-state index contributed by atoms with van der Waals surface area (Å²) in [5.74, 6) is 0.826. The zero-order valence-electron chi connectivity index (χ0n) is 10.9. The van der Waals surface area contributed by atoms with Gasteiger partial charge in [0.05, 0.1) is 11.5 Å². The van der Waals surface area contributed by atoms with Gasteiger partial charge in [-0.2, -0.15) is 0 Å². The molecular weight excluding hydrogens is 278 g/mol. The van der Waals surface area contributed by atoms with Crippen molar-refractivity contribution in [2.75, 3.05) is 13.2 Å². The molecule has 0 bridgehead atoms. The predicted octanol–water partition coefficient (Wildman–Crippen LogP) is 3.31. The summed E-state index contributed by atoms with van der Waals surface area (Å²) < 4.78 is 6.01. The van der Waals surface area contributed by atoms with E-state index in [4.69, 9.17) is 17.0 Å². The lowest BCUT2D eigenvalue weighted by Crippen LogP contribution is -2.27. The van der Waals surface area contributed by atoms with Gasteiger partial charge in [-0.15, -0.1) is 0 Å². The second-order valence-electron chi connectivity index (χ2n) is 3.93. The highest BCUT2D eigenvalue weighted by molar-refractivity contribution is 8.26. The van der Waals surface area contributed by atoms with E-state index in [-0.39, 0.29) is 5.91 Å². The molecule has 1 fully saturated rings. The summed E-state index contributed by atoms with van der Waals surface area (Å²) in [7, 11) is 0. The van der Waals surface area contributed by atoms with Gasteiger partial charge in [-0.1, -0.05) is 36.1 Å². The van der Waals surface area contributed by atoms with Gasteiger partial charge < -0.3 is 4.74 Å². The van der Waals surface area contributed by atoms with Crippen molar-refractivity contribution in [3.63, 3.8) is 0 Å². The largest absolute Gasteiger partial charge is 0.494 e. The molecule has 0 saturated carbocycles. The number of hydrogen-bond donors (Lipinski definition) is 0. The van der Waals surface area contributed by atoms with E-state index in [1.807, 2.05) is 44.2 Å². The number of carbonyl (C=O) groups is 1. The summed E-state index contributed by atoms with van der Waals surface area (Å²) in [5, 5.41) is 0. The van der Waals surface area contributed by atoms with Crippen LogP contribution in [0.2, 0.25) is 0 Å². The number of ether oxygens (including phenoxy) is 1. The Bertz CT molecular complexity index is 523. The Morgan fingerprint density at radius 1 is 1.32 bits per heavy atom. The van der Waals surface area contributed by atoms with Crippen LogP contribution in [-0.2, 0) is 4.79 Å². The number of benzene rings is 1. The van der Waals surface area contributed by atoms with E-state index < -0.39 is 0 Å². The number of rotatable bonds is 4. The molecule has 1 heterocycles. The SMILES string of the molecule is CCOc1ccc(C=C2SC(=S)N(CC)C2=O)cc1. The number of hydrogen-bond acceptors (Lipinski definition) is 4. The molecule has 1 saturated heterocycles. The fourth-order valence-electron chi connectivity index (χ4n) is 1.75. The van der Waals surface area contributed by atoms with Gasteiger partial charge in [-0.05, 0) is 37.6 Å². The number of likely N-dealkylation sites (N-methyl/N-ethyl adjacent to an activating group) is 1. The molecule has 5 heteroatoms. The molecule has 19 heavy (non-hydrogen) atoms. The van der Waals surface area contributed by atoms with Gasteiger partial charge in [0.15, 0.2) is 0 Å². The van der Waals surface area contributed by atoms with Crippen LogP contribution in [-0.4, -0.2) is 28.3 Å². The molecule has 0 spiro atoms. The molecule has 2 rings (SSSR count). The minimum atomic E-state index is -0.00798. The number of thioether (sulfide) groups is 1. The molecule has 100 valence electrons. The summed E-state index contributed by atoms with van der Waals surface area (Å²) in [4.78, 5) is 14.3. The van der Waals surface area contributed by atoms with Crippen LogP contribution in [0.3, 0.4) is 0 Å². The van der Waals surface area contributed by atoms with E-state index >= 15 is 0 Å². The molecule has 0 unspecified atom stereocenters. The molecule has 1 aromatic carbocycles. The lowest BCUT2D eigenvalue weighted by molar-refractivity contribution is -0.121. The minimum Gasteiger partial charge on any atom is -0.494 e. The first-order chi connectivity index (χ1) is 9.15. The Morgan fingerprint density at radius 2 is 2.00 bits per heavy atom. The average molecular weight is 293 g/mol. The van der Waals surface area contributed by atoms with Crippen LogP contribution in [0.1, 0.15) is 19.4 Å². The number of nitrogens with zero attached hydrogens (tertiary/aromatic N) is 1. The molecule has 1 aliphatic rings. The third kappa shape index (κ3) is 3.16. The van der Waals surface area contributed by atoms with E-state index in [0.717, 1.165) is 11.3 Å². The fraction of sp³-hybridized carbons (Fsp3) is 0.286. The zero-order chi connectivity index (χ0) is 13.8. The van der Waals surface area contributed by atoms with Crippen molar-refractivity contribution in [3.05, 3.63) is 34.7 Å². The molecule has 3 nitrogen and oxygen atoms in total. The maximum atomic E-state index is 12.0. The van der Waals surface area contributed by atoms with Crippen molar-refractivity contribution >= 4 is 40.3 Å². The van der Waals surface area contributed by atoms with E-state index in [0.29, 0.717) is 22.4 Å². The fourth-order valence-corrected chi connectivity index (χ4v) is 3.14. The van der Waals surface area contributed by atoms with Crippen molar-refractivity contribution in [2.45, 2.75) is 13.8 Å². The second kappa shape index (κ2) is 6.21. The highest BCUT2D eigenvalue weighted by Gasteiger charge is 2.30. The third-order valence-electron chi connectivity index (χ3n) is 2.68. The Balaban J connectivity index is 2.18. The lowest BCUT2D eigenvalue weighted by Gasteiger charge is -2.09. The highest BCUT2D eigenvalue weighted by Crippen LogP contribution is 2.32. The first kappa shape index (κ1) is 14.1. The molecule has 0 atom stereocenters. The Labute approximate surface area is 122 Å². The zero-order valence-corrected chi connectivity index (χ0v) is 12.5. The van der Waals surface area contributed by atoms with Gasteiger partial charge >= 0.3 is 0 Å². The van der Waals surface area contributed by atoms with Crippen LogP contribution in [0.4, 0.5) is 0 Å². The number of carbonyl (C=O) groups excluding carboxylic acids is 1. The molecule has 0 N–H and O–H groups in total. The highest BCUT2D eigenvalue weighted by atomic mass is 32.2. The summed E-state index contributed by atoms with van der Waals surface area (Å²) in [6.45, 7) is 5.13. The van der Waals surface area contributed by atoms with Gasteiger partial charge in [-0.25, -0.2) is 0 Å². The van der Waals surface area contributed by atoms with Crippen LogP contribution < -0.4 is 4.74 Å². The van der Waals surface area contributed by atoms with E-state index in [2.05, 4.69) is 0 Å². The van der Waals surface area contributed by atoms with Crippen molar-refractivity contribution in [2.24, 2.45) is 0 Å². The molecular formula is C14H15NO2S2. The standard InChI is InChI=1S/C14H15NO2S2/c1-3-15-13(16)12(19-14(15)18)9-10-5-7-11(8-6-10)17-4-2/h5-9H,3-4H2,1-2H3. The first-order valence-electron chi connectivity index (χ1n) is 6.14. The quantitative estimate of drug-likeness (QED) is 0.629. The molecule has 0 aromatic heterocycles. The number of thiocarbonyl (C=S) groups is 1. The van der Waals surface area contributed by atoms with Crippen molar-refractivity contribution < 1.29 is 9.53 Å². The molecule has 0 aliphatic carbocycles. The van der Waals surface area contributed by atoms with E-state index in [1.165, 1.54) is 11.8 Å². The van der Waals surface area contributed by atoms with Crippen LogP contribution in [0.25, 0.3) is 6.08 Å². The Hall–Kier alpha value is -1.33. The number of amides is 1. The third-order valence-corrected chi connectivity index (χ3v) is 4.06. The van der Waals surface area contributed by atoms with Gasteiger partial charge in [0.1, 0.15) is 10.1 Å². The molecule has 1 amide bonds. The van der Waals surface area contributed by atoms with Gasteiger partial charge in [0.2, 0.25) is 0 Å². The minimum absolute atomic E-state index is 0.00798. The summed E-state index contributed by atoms with van der Waals surface area (Å²) in [5.41, 5.74) is 0.972. The molecule has 0 radical (unpaired) electrons. The average Bonchev–Trinajstić information content (AvgIpc) is 2.67. The van der Waals surface area contributed by atoms with Gasteiger partial charge in [-0.3, -0.25) is 9.69 Å². The van der Waals surface area contributed by atoms with Gasteiger partial charge in [0, 0.05) is 6.54 Å². The normalized spacial score (nSPS) is 17.4. The van der Waals surface area contributed by atoms with Crippen LogP contribution in [0.5, 0.6) is 5.75 Å². The van der Waals surface area contributed by atoms with Crippen LogP contribution in [0, 0.1) is 0 Å². The van der Waals surface area contributed by atoms with Crippen LogP contribution >= 0.6 is 24.0 Å². The monoisotopic (exact) mass is 293 g/mol. The second-order valence-corrected chi connectivity index (χ2v) is 5.60.